The third kappa shape index (κ3) is 7.71. The van der Waals surface area contributed by atoms with E-state index in [0.717, 1.165) is 44.4 Å². The zero-order valence-electron chi connectivity index (χ0n) is 16.0. The molecule has 25 heavy (non-hydrogen) atoms. The van der Waals surface area contributed by atoms with Crippen LogP contribution in [0.1, 0.15) is 64.7 Å². The minimum atomic E-state index is -0.0328. The molecule has 0 aromatic carbocycles. The van der Waals surface area contributed by atoms with E-state index in [1.165, 1.54) is 44.9 Å². The number of piperidine rings is 1. The van der Waals surface area contributed by atoms with E-state index in [1.54, 1.807) is 0 Å². The van der Waals surface area contributed by atoms with Crippen molar-refractivity contribution >= 4 is 35.9 Å². The van der Waals surface area contributed by atoms with Crippen LogP contribution >= 0.6 is 24.0 Å². The largest absolute Gasteiger partial charge is 0.466 e. The number of carbonyl (C=O) groups is 1. The Labute approximate surface area is 170 Å². The molecule has 5 nitrogen and oxygen atoms in total. The second-order valence-corrected chi connectivity index (χ2v) is 7.15. The van der Waals surface area contributed by atoms with Gasteiger partial charge in [-0.25, -0.2) is 0 Å². The highest BCUT2D eigenvalue weighted by molar-refractivity contribution is 14.0. The minimum Gasteiger partial charge on any atom is -0.466 e. The number of nitrogens with zero attached hydrogens (tertiary/aromatic N) is 2. The Kier molecular flexibility index (Phi) is 11.5. The van der Waals surface area contributed by atoms with E-state index in [2.05, 4.69) is 15.2 Å². The van der Waals surface area contributed by atoms with E-state index in [9.17, 15) is 4.79 Å². The van der Waals surface area contributed by atoms with E-state index in [4.69, 9.17) is 4.74 Å². The molecule has 0 radical (unpaired) electrons. The minimum absolute atomic E-state index is 0. The fourth-order valence-electron chi connectivity index (χ4n) is 3.90. The van der Waals surface area contributed by atoms with Crippen LogP contribution in [0.3, 0.4) is 0 Å². The maximum absolute atomic E-state index is 11.9. The van der Waals surface area contributed by atoms with Crippen LogP contribution in [0.5, 0.6) is 0 Å². The lowest BCUT2D eigenvalue weighted by Crippen LogP contribution is -2.47. The molecule has 2 aliphatic rings. The number of hydrogen-bond acceptors (Lipinski definition) is 3. The molecule has 0 aromatic heterocycles. The predicted molar refractivity (Wildman–Crippen MR) is 114 cm³/mol. The number of rotatable bonds is 4. The van der Waals surface area contributed by atoms with Gasteiger partial charge in [0.25, 0.3) is 0 Å². The van der Waals surface area contributed by atoms with Crippen molar-refractivity contribution in [1.29, 1.82) is 0 Å². The van der Waals surface area contributed by atoms with E-state index in [1.807, 2.05) is 14.0 Å². The molecule has 1 saturated heterocycles. The molecule has 0 bridgehead atoms. The molecule has 146 valence electrons. The van der Waals surface area contributed by atoms with Crippen LogP contribution in [0.15, 0.2) is 4.99 Å². The third-order valence-corrected chi connectivity index (χ3v) is 5.40. The summed E-state index contributed by atoms with van der Waals surface area (Å²) >= 11 is 0. The summed E-state index contributed by atoms with van der Waals surface area (Å²) < 4.78 is 5.15. The molecule has 1 aliphatic carbocycles. The average Bonchev–Trinajstić information content (AvgIpc) is 2.57. The standard InChI is InChI=1S/C19H35N3O2.HI/c1-3-24-18(23)17-11-13-22(14-12-17)19(20-2)21-15-16-9-7-5-4-6-8-10-16;/h16-17H,3-15H2,1-2H3,(H,20,21);1H. The Bertz CT molecular complexity index is 401. The molecule has 1 aliphatic heterocycles. The first-order valence-corrected chi connectivity index (χ1v) is 9.86. The molecule has 2 fully saturated rings. The van der Waals surface area contributed by atoms with Gasteiger partial charge in [0.1, 0.15) is 0 Å². The summed E-state index contributed by atoms with van der Waals surface area (Å²) in [4.78, 5) is 18.6. The van der Waals surface area contributed by atoms with Crippen molar-refractivity contribution in [1.82, 2.24) is 10.2 Å². The Morgan fingerprint density at radius 1 is 1.08 bits per heavy atom. The third-order valence-electron chi connectivity index (χ3n) is 5.40. The van der Waals surface area contributed by atoms with Crippen molar-refractivity contribution in [2.45, 2.75) is 64.7 Å². The molecular formula is C19H36IN3O2. The molecule has 2 rings (SSSR count). The summed E-state index contributed by atoms with van der Waals surface area (Å²) in [5, 5.41) is 3.59. The van der Waals surface area contributed by atoms with Crippen molar-refractivity contribution in [2.75, 3.05) is 33.3 Å². The van der Waals surface area contributed by atoms with Crippen molar-refractivity contribution in [3.05, 3.63) is 0 Å². The Morgan fingerprint density at radius 3 is 2.24 bits per heavy atom. The molecular weight excluding hydrogens is 429 g/mol. The monoisotopic (exact) mass is 465 g/mol. The topological polar surface area (TPSA) is 53.9 Å². The Hall–Kier alpha value is -0.530. The first-order chi connectivity index (χ1) is 11.7. The summed E-state index contributed by atoms with van der Waals surface area (Å²) in [5.41, 5.74) is 0. The molecule has 1 saturated carbocycles. The highest BCUT2D eigenvalue weighted by atomic mass is 127. The number of likely N-dealkylation sites (tertiary alicyclic amines) is 1. The molecule has 6 heteroatoms. The molecule has 0 spiro atoms. The fraction of sp³-hybridized carbons (Fsp3) is 0.895. The zero-order valence-corrected chi connectivity index (χ0v) is 18.3. The number of nitrogens with one attached hydrogen (secondary N) is 1. The van der Waals surface area contributed by atoms with E-state index < -0.39 is 0 Å². The van der Waals surface area contributed by atoms with Crippen molar-refractivity contribution in [2.24, 2.45) is 16.8 Å². The molecule has 0 aromatic rings. The lowest BCUT2D eigenvalue weighted by molar-refractivity contribution is -0.149. The van der Waals surface area contributed by atoms with Gasteiger partial charge >= 0.3 is 5.97 Å². The van der Waals surface area contributed by atoms with Crippen LogP contribution in [0, 0.1) is 11.8 Å². The van der Waals surface area contributed by atoms with Gasteiger partial charge in [-0.05, 0) is 38.5 Å². The summed E-state index contributed by atoms with van der Waals surface area (Å²) in [5.74, 6) is 1.80. The number of hydrogen-bond donors (Lipinski definition) is 1. The number of carbonyl (C=O) groups excluding carboxylic acids is 1. The number of halogens is 1. The molecule has 0 unspecified atom stereocenters. The second-order valence-electron chi connectivity index (χ2n) is 7.15. The van der Waals surface area contributed by atoms with Crippen LogP contribution in [-0.4, -0.2) is 50.1 Å². The normalized spacial score (nSPS) is 21.0. The highest BCUT2D eigenvalue weighted by Gasteiger charge is 2.27. The van der Waals surface area contributed by atoms with E-state index in [-0.39, 0.29) is 35.9 Å². The van der Waals surface area contributed by atoms with Crippen molar-refractivity contribution < 1.29 is 9.53 Å². The van der Waals surface area contributed by atoms with Crippen LogP contribution in [0.4, 0.5) is 0 Å². The Morgan fingerprint density at radius 2 is 1.68 bits per heavy atom. The van der Waals surface area contributed by atoms with Crippen LogP contribution < -0.4 is 5.32 Å². The van der Waals surface area contributed by atoms with Gasteiger partial charge in [-0.15, -0.1) is 24.0 Å². The SMILES string of the molecule is CCOC(=O)C1CCN(C(=NC)NCC2CCCCCCC2)CC1.I. The van der Waals surface area contributed by atoms with Gasteiger partial charge in [0.2, 0.25) is 0 Å². The molecule has 0 atom stereocenters. The lowest BCUT2D eigenvalue weighted by Gasteiger charge is -2.34. The summed E-state index contributed by atoms with van der Waals surface area (Å²) in [6, 6.07) is 0. The first-order valence-electron chi connectivity index (χ1n) is 9.86. The second kappa shape index (κ2) is 12.8. The van der Waals surface area contributed by atoms with Crippen molar-refractivity contribution in [3.8, 4) is 0 Å². The maximum atomic E-state index is 11.9. The summed E-state index contributed by atoms with van der Waals surface area (Å²) in [6.45, 7) is 5.14. The van der Waals surface area contributed by atoms with Gasteiger partial charge in [0, 0.05) is 26.7 Å². The quantitative estimate of drug-likeness (QED) is 0.297. The number of ether oxygens (including phenoxy) is 1. The number of aliphatic imine (C=N–C) groups is 1. The van der Waals surface area contributed by atoms with Gasteiger partial charge in [-0.2, -0.15) is 0 Å². The van der Waals surface area contributed by atoms with Gasteiger partial charge in [0.05, 0.1) is 12.5 Å². The molecule has 0 amide bonds. The van der Waals surface area contributed by atoms with Crippen LogP contribution in [0.2, 0.25) is 0 Å². The van der Waals surface area contributed by atoms with Gasteiger partial charge in [-0.3, -0.25) is 9.79 Å². The van der Waals surface area contributed by atoms with E-state index in [0.29, 0.717) is 6.61 Å². The van der Waals surface area contributed by atoms with E-state index >= 15 is 0 Å². The molecule has 1 heterocycles. The summed E-state index contributed by atoms with van der Waals surface area (Å²) in [7, 11) is 1.86. The number of guanidine groups is 1. The Balaban J connectivity index is 0.00000312. The predicted octanol–water partition coefficient (Wildman–Crippen LogP) is 3.82. The zero-order chi connectivity index (χ0) is 17.2. The molecule has 1 N–H and O–H groups in total. The lowest BCUT2D eigenvalue weighted by atomic mass is 9.91. The number of esters is 1. The summed E-state index contributed by atoms with van der Waals surface area (Å²) in [6.07, 6.45) is 11.4. The van der Waals surface area contributed by atoms with Gasteiger partial charge in [-0.1, -0.05) is 32.1 Å². The van der Waals surface area contributed by atoms with Crippen molar-refractivity contribution in [3.63, 3.8) is 0 Å². The van der Waals surface area contributed by atoms with Gasteiger partial charge in [0.15, 0.2) is 5.96 Å². The van der Waals surface area contributed by atoms with Crippen LogP contribution in [-0.2, 0) is 9.53 Å². The maximum Gasteiger partial charge on any atom is 0.309 e. The first kappa shape index (κ1) is 22.5. The smallest absolute Gasteiger partial charge is 0.309 e. The highest BCUT2D eigenvalue weighted by Crippen LogP contribution is 2.22. The van der Waals surface area contributed by atoms with Gasteiger partial charge < -0.3 is 15.0 Å². The van der Waals surface area contributed by atoms with Crippen LogP contribution in [0.25, 0.3) is 0 Å². The fourth-order valence-corrected chi connectivity index (χ4v) is 3.90. The average molecular weight is 465 g/mol.